The van der Waals surface area contributed by atoms with Gasteiger partial charge in [0.15, 0.2) is 0 Å². The monoisotopic (exact) mass is 243 g/mol. The summed E-state index contributed by atoms with van der Waals surface area (Å²) in [6.07, 6.45) is 3.23. The molecule has 0 aliphatic carbocycles. The summed E-state index contributed by atoms with van der Waals surface area (Å²) < 4.78 is 5.45. The maximum Gasteiger partial charge on any atom is 0.0900 e. The van der Waals surface area contributed by atoms with Crippen LogP contribution in [0.25, 0.3) is 0 Å². The number of aliphatic hydroxyl groups excluding tert-OH is 1. The van der Waals surface area contributed by atoms with E-state index in [4.69, 9.17) is 4.74 Å². The second-order valence-electron chi connectivity index (χ2n) is 5.75. The van der Waals surface area contributed by atoms with Crippen LogP contribution in [-0.2, 0) is 4.74 Å². The van der Waals surface area contributed by atoms with E-state index in [-0.39, 0.29) is 6.10 Å². The highest BCUT2D eigenvalue weighted by molar-refractivity contribution is 4.76. The highest BCUT2D eigenvalue weighted by Crippen LogP contribution is 2.20. The molecule has 3 nitrogen and oxygen atoms in total. The van der Waals surface area contributed by atoms with Gasteiger partial charge in [-0.2, -0.15) is 0 Å². The maximum atomic E-state index is 9.91. The molecule has 17 heavy (non-hydrogen) atoms. The van der Waals surface area contributed by atoms with Crippen molar-refractivity contribution in [1.82, 2.24) is 4.90 Å². The zero-order chi connectivity index (χ0) is 12.7. The largest absolute Gasteiger partial charge is 0.389 e. The van der Waals surface area contributed by atoms with Crippen LogP contribution in [0, 0.1) is 11.8 Å². The topological polar surface area (TPSA) is 32.7 Å². The van der Waals surface area contributed by atoms with Crippen LogP contribution in [0.3, 0.4) is 0 Å². The van der Waals surface area contributed by atoms with Crippen molar-refractivity contribution in [1.29, 1.82) is 0 Å². The van der Waals surface area contributed by atoms with Crippen LogP contribution < -0.4 is 0 Å². The molecule has 3 atom stereocenters. The third kappa shape index (κ3) is 6.39. The van der Waals surface area contributed by atoms with E-state index < -0.39 is 0 Å². The van der Waals surface area contributed by atoms with Gasteiger partial charge in [-0.1, -0.05) is 27.2 Å². The number of aliphatic hydroxyl groups is 1. The van der Waals surface area contributed by atoms with Gasteiger partial charge in [0, 0.05) is 26.2 Å². The molecule has 102 valence electrons. The number of nitrogens with zero attached hydrogens (tertiary/aromatic N) is 1. The predicted molar refractivity (Wildman–Crippen MR) is 71.1 cm³/mol. The van der Waals surface area contributed by atoms with E-state index in [1.807, 2.05) is 0 Å². The smallest absolute Gasteiger partial charge is 0.0900 e. The van der Waals surface area contributed by atoms with Crippen LogP contribution in [0.4, 0.5) is 0 Å². The van der Waals surface area contributed by atoms with Gasteiger partial charge in [-0.15, -0.1) is 0 Å². The van der Waals surface area contributed by atoms with Gasteiger partial charge in [0.1, 0.15) is 0 Å². The third-order valence-electron chi connectivity index (χ3n) is 3.37. The van der Waals surface area contributed by atoms with E-state index >= 15 is 0 Å². The summed E-state index contributed by atoms with van der Waals surface area (Å²) in [6, 6.07) is 0. The molecule has 0 amide bonds. The standard InChI is InChI=1S/C14H29NO2/c1-4-5-6-17-11-14(16)10-15-8-12(2)7-13(3)9-15/h12-14,16H,4-11H2,1-3H3/t12-,13+,14-/m1/s1. The summed E-state index contributed by atoms with van der Waals surface area (Å²) in [7, 11) is 0. The summed E-state index contributed by atoms with van der Waals surface area (Å²) in [5.74, 6) is 1.51. The van der Waals surface area contributed by atoms with Crippen molar-refractivity contribution in [3.8, 4) is 0 Å². The maximum absolute atomic E-state index is 9.91. The first-order valence-corrected chi connectivity index (χ1v) is 7.10. The van der Waals surface area contributed by atoms with Gasteiger partial charge in [0.25, 0.3) is 0 Å². The summed E-state index contributed by atoms with van der Waals surface area (Å²) in [4.78, 5) is 2.38. The molecule has 0 bridgehead atoms. The Bertz CT molecular complexity index is 189. The second kappa shape index (κ2) is 8.06. The minimum atomic E-state index is -0.329. The molecule has 1 heterocycles. The Morgan fingerprint density at radius 2 is 1.94 bits per heavy atom. The van der Waals surface area contributed by atoms with Gasteiger partial charge in [0.2, 0.25) is 0 Å². The fraction of sp³-hybridized carbons (Fsp3) is 1.00. The number of hydrogen-bond acceptors (Lipinski definition) is 3. The van der Waals surface area contributed by atoms with Crippen LogP contribution in [0.5, 0.6) is 0 Å². The average Bonchev–Trinajstić information content (AvgIpc) is 2.23. The molecule has 1 fully saturated rings. The zero-order valence-corrected chi connectivity index (χ0v) is 11.7. The zero-order valence-electron chi connectivity index (χ0n) is 11.7. The lowest BCUT2D eigenvalue weighted by atomic mass is 9.92. The first kappa shape index (κ1) is 14.9. The molecule has 0 aromatic carbocycles. The minimum absolute atomic E-state index is 0.329. The number of ether oxygens (including phenoxy) is 1. The fourth-order valence-electron chi connectivity index (χ4n) is 2.76. The predicted octanol–water partition coefficient (Wildman–Crippen LogP) is 2.14. The number of hydrogen-bond donors (Lipinski definition) is 1. The lowest BCUT2D eigenvalue weighted by Gasteiger charge is -2.35. The molecule has 1 aliphatic rings. The lowest BCUT2D eigenvalue weighted by Crippen LogP contribution is -2.43. The summed E-state index contributed by atoms with van der Waals surface area (Å²) in [6.45, 7) is 11.0. The van der Waals surface area contributed by atoms with Crippen LogP contribution in [0.2, 0.25) is 0 Å². The van der Waals surface area contributed by atoms with Gasteiger partial charge < -0.3 is 14.7 Å². The molecule has 0 unspecified atom stereocenters. The normalized spacial score (nSPS) is 28.2. The molecular formula is C14H29NO2. The number of piperidine rings is 1. The number of likely N-dealkylation sites (tertiary alicyclic amines) is 1. The Hall–Kier alpha value is -0.120. The van der Waals surface area contributed by atoms with Crippen LogP contribution in [0.1, 0.15) is 40.0 Å². The van der Waals surface area contributed by atoms with Crippen molar-refractivity contribution in [3.05, 3.63) is 0 Å². The molecule has 1 rings (SSSR count). The Morgan fingerprint density at radius 1 is 1.29 bits per heavy atom. The van der Waals surface area contributed by atoms with Gasteiger partial charge in [-0.3, -0.25) is 0 Å². The van der Waals surface area contributed by atoms with Gasteiger partial charge in [0.05, 0.1) is 12.7 Å². The molecule has 1 saturated heterocycles. The van der Waals surface area contributed by atoms with Gasteiger partial charge >= 0.3 is 0 Å². The van der Waals surface area contributed by atoms with Crippen LogP contribution in [0.15, 0.2) is 0 Å². The van der Waals surface area contributed by atoms with Gasteiger partial charge in [-0.25, -0.2) is 0 Å². The molecule has 0 saturated carbocycles. The molecule has 0 radical (unpaired) electrons. The molecule has 1 aliphatic heterocycles. The Labute approximate surface area is 106 Å². The van der Waals surface area contributed by atoms with E-state index in [1.165, 1.54) is 6.42 Å². The molecule has 1 N–H and O–H groups in total. The van der Waals surface area contributed by atoms with Crippen molar-refractivity contribution in [2.24, 2.45) is 11.8 Å². The quantitative estimate of drug-likeness (QED) is 0.695. The Kier molecular flexibility index (Phi) is 7.09. The number of rotatable bonds is 7. The molecular weight excluding hydrogens is 214 g/mol. The Morgan fingerprint density at radius 3 is 2.53 bits per heavy atom. The third-order valence-corrected chi connectivity index (χ3v) is 3.37. The average molecular weight is 243 g/mol. The highest BCUT2D eigenvalue weighted by Gasteiger charge is 2.23. The minimum Gasteiger partial charge on any atom is -0.389 e. The second-order valence-corrected chi connectivity index (χ2v) is 5.75. The van der Waals surface area contributed by atoms with Crippen LogP contribution in [-0.4, -0.2) is 49.0 Å². The van der Waals surface area contributed by atoms with Gasteiger partial charge in [-0.05, 0) is 24.7 Å². The lowest BCUT2D eigenvalue weighted by molar-refractivity contribution is 0.00405. The Balaban J connectivity index is 2.14. The molecule has 0 aromatic rings. The van der Waals surface area contributed by atoms with E-state index in [0.717, 1.165) is 50.9 Å². The van der Waals surface area contributed by atoms with Crippen molar-refractivity contribution < 1.29 is 9.84 Å². The van der Waals surface area contributed by atoms with E-state index in [1.54, 1.807) is 0 Å². The first-order valence-electron chi connectivity index (χ1n) is 7.10. The number of unbranched alkanes of at least 4 members (excludes halogenated alkanes) is 1. The fourth-order valence-corrected chi connectivity index (χ4v) is 2.76. The molecule has 0 spiro atoms. The van der Waals surface area contributed by atoms with Crippen molar-refractivity contribution >= 4 is 0 Å². The number of β-amino-alcohol motifs (C(OH)–C–C–N with tert-alkyl or cyclic N) is 1. The van der Waals surface area contributed by atoms with E-state index in [9.17, 15) is 5.11 Å². The summed E-state index contributed by atoms with van der Waals surface area (Å²) in [5.41, 5.74) is 0. The van der Waals surface area contributed by atoms with Crippen molar-refractivity contribution in [3.63, 3.8) is 0 Å². The van der Waals surface area contributed by atoms with E-state index in [2.05, 4.69) is 25.7 Å². The summed E-state index contributed by atoms with van der Waals surface area (Å²) in [5, 5.41) is 9.91. The van der Waals surface area contributed by atoms with Crippen molar-refractivity contribution in [2.45, 2.75) is 46.1 Å². The first-order chi connectivity index (χ1) is 8.11. The molecule has 3 heteroatoms. The van der Waals surface area contributed by atoms with Crippen LogP contribution >= 0.6 is 0 Å². The summed E-state index contributed by atoms with van der Waals surface area (Å²) >= 11 is 0. The van der Waals surface area contributed by atoms with Crippen molar-refractivity contribution in [2.75, 3.05) is 32.8 Å². The van der Waals surface area contributed by atoms with E-state index in [0.29, 0.717) is 6.61 Å². The highest BCUT2D eigenvalue weighted by atomic mass is 16.5. The SMILES string of the molecule is CCCCOC[C@H](O)CN1C[C@H](C)C[C@H](C)C1. The molecule has 0 aromatic heterocycles.